The SMILES string of the molecule is CC/C=C/C/C=C/CCCCCCCCC(O)C(=O)NC(COC1OC(CO)C(O)C(O)C1OC(=O)CCCCCCCCCCCCCCCCC/C=C\C/C=C\CCCCC)C(O)/C=C/CCCCCCCCCCCCC. The monoisotopic (exact) mass is 1130 g/mol. The lowest BCUT2D eigenvalue weighted by Gasteiger charge is -2.41. The fraction of sp³-hybridized carbons (Fsp3) is 0.826. The molecule has 80 heavy (non-hydrogen) atoms. The Hall–Kier alpha value is -2.64. The summed E-state index contributed by atoms with van der Waals surface area (Å²) in [4.78, 5) is 26.6. The van der Waals surface area contributed by atoms with Crippen molar-refractivity contribution in [3.05, 3.63) is 60.8 Å². The van der Waals surface area contributed by atoms with Gasteiger partial charge in [-0.05, 0) is 83.5 Å². The molecule has 0 aromatic carbocycles. The number of amides is 1. The van der Waals surface area contributed by atoms with Gasteiger partial charge in [0.1, 0.15) is 24.4 Å². The van der Waals surface area contributed by atoms with E-state index < -0.39 is 67.4 Å². The van der Waals surface area contributed by atoms with Gasteiger partial charge >= 0.3 is 5.97 Å². The van der Waals surface area contributed by atoms with Crippen molar-refractivity contribution in [3.63, 3.8) is 0 Å². The fourth-order valence-corrected chi connectivity index (χ4v) is 10.4. The van der Waals surface area contributed by atoms with Gasteiger partial charge in [-0.15, -0.1) is 0 Å². The number of rotatable bonds is 57. The van der Waals surface area contributed by atoms with E-state index in [4.69, 9.17) is 14.2 Å². The molecule has 11 heteroatoms. The lowest BCUT2D eigenvalue weighted by molar-refractivity contribution is -0.305. The molecule has 0 saturated carbocycles. The second-order valence-electron chi connectivity index (χ2n) is 23.2. The minimum absolute atomic E-state index is 0.123. The summed E-state index contributed by atoms with van der Waals surface area (Å²) in [6, 6.07) is -1.03. The molecular weight excluding hydrogens is 1000 g/mol. The van der Waals surface area contributed by atoms with Crippen LogP contribution in [0.15, 0.2) is 60.8 Å². The second kappa shape index (κ2) is 56.8. The van der Waals surface area contributed by atoms with Crippen molar-refractivity contribution in [2.45, 2.75) is 352 Å². The standard InChI is InChI=1S/C69H125NO10/c1-4-7-10-13-16-19-22-25-26-27-28-29-30-31-32-33-34-35-36-39-42-45-48-51-54-57-64(74)80-67-66(76)65(75)63(58-71)79-69(67)78-59-60(61(72)55-52-49-46-43-40-37-23-20-17-14-11-8-5-2)70-68(77)62(73)56-53-50-47-44-41-38-24-21-18-15-12-9-6-3/h9,12,16,18-19,21,25-26,52,55,60-63,65-67,69,71-73,75-76H,4-8,10-11,13-15,17,20,22-24,27-51,53-54,56-59H2,1-3H3,(H,70,77)/b12-9+,19-16-,21-18+,26-25-,55-52+. The Morgan fingerprint density at radius 1 is 0.500 bits per heavy atom. The summed E-state index contributed by atoms with van der Waals surface area (Å²) < 4.78 is 17.7. The molecule has 0 aliphatic carbocycles. The molecule has 0 radical (unpaired) electrons. The highest BCUT2D eigenvalue weighted by atomic mass is 16.7. The Kier molecular flexibility index (Phi) is 53.5. The van der Waals surface area contributed by atoms with Crippen molar-refractivity contribution in [2.75, 3.05) is 13.2 Å². The molecule has 0 spiro atoms. The van der Waals surface area contributed by atoms with E-state index in [1.54, 1.807) is 6.08 Å². The number of aliphatic hydroxyl groups excluding tert-OH is 5. The molecule has 8 unspecified atom stereocenters. The lowest BCUT2D eigenvalue weighted by Crippen LogP contribution is -2.61. The van der Waals surface area contributed by atoms with Crippen molar-refractivity contribution in [2.24, 2.45) is 0 Å². The van der Waals surface area contributed by atoms with Crippen molar-refractivity contribution < 1.29 is 49.3 Å². The van der Waals surface area contributed by atoms with Crippen LogP contribution >= 0.6 is 0 Å². The van der Waals surface area contributed by atoms with Crippen LogP contribution in [0.1, 0.15) is 303 Å². The summed E-state index contributed by atoms with van der Waals surface area (Å²) in [5.41, 5.74) is 0. The van der Waals surface area contributed by atoms with E-state index in [1.807, 2.05) is 6.08 Å². The predicted octanol–water partition coefficient (Wildman–Crippen LogP) is 16.6. The second-order valence-corrected chi connectivity index (χ2v) is 23.2. The van der Waals surface area contributed by atoms with Crippen LogP contribution in [-0.2, 0) is 23.8 Å². The number of allylic oxidation sites excluding steroid dienone is 9. The molecule has 6 N–H and O–H groups in total. The lowest BCUT2D eigenvalue weighted by atomic mass is 9.99. The van der Waals surface area contributed by atoms with Gasteiger partial charge in [-0.3, -0.25) is 9.59 Å². The average molecular weight is 1130 g/mol. The molecular formula is C69H125NO10. The molecule has 1 aliphatic heterocycles. The van der Waals surface area contributed by atoms with Gasteiger partial charge in [0.15, 0.2) is 12.4 Å². The number of hydrogen-bond acceptors (Lipinski definition) is 10. The van der Waals surface area contributed by atoms with E-state index >= 15 is 0 Å². The van der Waals surface area contributed by atoms with Crippen LogP contribution in [0, 0.1) is 0 Å². The zero-order valence-electron chi connectivity index (χ0n) is 51.7. The minimum atomic E-state index is -1.62. The van der Waals surface area contributed by atoms with Gasteiger partial charge in [0.2, 0.25) is 5.91 Å². The summed E-state index contributed by atoms with van der Waals surface area (Å²) >= 11 is 0. The minimum Gasteiger partial charge on any atom is -0.454 e. The van der Waals surface area contributed by atoms with Gasteiger partial charge in [-0.1, -0.05) is 274 Å². The highest BCUT2D eigenvalue weighted by Gasteiger charge is 2.47. The van der Waals surface area contributed by atoms with Gasteiger partial charge in [-0.25, -0.2) is 0 Å². The Labute approximate surface area is 490 Å². The van der Waals surface area contributed by atoms with E-state index in [2.05, 4.69) is 74.7 Å². The maximum Gasteiger partial charge on any atom is 0.306 e. The summed E-state index contributed by atoms with van der Waals surface area (Å²) in [5.74, 6) is -1.20. The van der Waals surface area contributed by atoms with Crippen LogP contribution in [0.25, 0.3) is 0 Å². The largest absolute Gasteiger partial charge is 0.454 e. The van der Waals surface area contributed by atoms with Crippen LogP contribution in [-0.4, -0.2) is 99.6 Å². The van der Waals surface area contributed by atoms with E-state index in [0.29, 0.717) is 12.8 Å². The quantitative estimate of drug-likeness (QED) is 0.0195. The highest BCUT2D eigenvalue weighted by Crippen LogP contribution is 2.26. The highest BCUT2D eigenvalue weighted by molar-refractivity contribution is 5.80. The van der Waals surface area contributed by atoms with Gasteiger partial charge in [0.25, 0.3) is 0 Å². The van der Waals surface area contributed by atoms with Crippen LogP contribution in [0.3, 0.4) is 0 Å². The van der Waals surface area contributed by atoms with E-state index in [0.717, 1.165) is 96.3 Å². The first-order valence-electron chi connectivity index (χ1n) is 33.6. The predicted molar refractivity (Wildman–Crippen MR) is 333 cm³/mol. The van der Waals surface area contributed by atoms with Crippen LogP contribution < -0.4 is 5.32 Å². The molecule has 466 valence electrons. The molecule has 1 aliphatic rings. The van der Waals surface area contributed by atoms with Crippen molar-refractivity contribution in [1.82, 2.24) is 5.32 Å². The smallest absolute Gasteiger partial charge is 0.306 e. The summed E-state index contributed by atoms with van der Waals surface area (Å²) in [6.07, 6.45) is 61.2. The molecule has 1 amide bonds. The summed E-state index contributed by atoms with van der Waals surface area (Å²) in [7, 11) is 0. The van der Waals surface area contributed by atoms with Gasteiger partial charge in [-0.2, -0.15) is 0 Å². The maximum atomic E-state index is 13.4. The molecule has 8 atom stereocenters. The number of nitrogens with one attached hydrogen (secondary N) is 1. The van der Waals surface area contributed by atoms with Crippen molar-refractivity contribution in [1.29, 1.82) is 0 Å². The molecule has 1 heterocycles. The van der Waals surface area contributed by atoms with E-state index in [9.17, 15) is 35.1 Å². The molecule has 0 aromatic heterocycles. The Morgan fingerprint density at radius 2 is 0.900 bits per heavy atom. The molecule has 1 rings (SSSR count). The average Bonchev–Trinajstić information content (AvgIpc) is 3.45. The molecule has 11 nitrogen and oxygen atoms in total. The Morgan fingerprint density at radius 3 is 1.36 bits per heavy atom. The van der Waals surface area contributed by atoms with Crippen LogP contribution in [0.2, 0.25) is 0 Å². The van der Waals surface area contributed by atoms with Gasteiger partial charge in [0, 0.05) is 6.42 Å². The van der Waals surface area contributed by atoms with Crippen molar-refractivity contribution >= 4 is 11.9 Å². The Bertz CT molecular complexity index is 1530. The van der Waals surface area contributed by atoms with Crippen molar-refractivity contribution in [3.8, 4) is 0 Å². The number of carbonyl (C=O) groups excluding carboxylic acids is 2. The summed E-state index contributed by atoms with van der Waals surface area (Å²) in [6.45, 7) is 5.68. The first kappa shape index (κ1) is 75.4. The molecule has 1 fully saturated rings. The zero-order chi connectivity index (χ0) is 58.2. The number of hydrogen-bond donors (Lipinski definition) is 6. The van der Waals surface area contributed by atoms with Crippen LogP contribution in [0.4, 0.5) is 0 Å². The van der Waals surface area contributed by atoms with Crippen LogP contribution in [0.5, 0.6) is 0 Å². The summed E-state index contributed by atoms with van der Waals surface area (Å²) in [5, 5.41) is 57.1. The zero-order valence-corrected chi connectivity index (χ0v) is 51.7. The first-order valence-corrected chi connectivity index (χ1v) is 33.6. The number of aliphatic hydroxyl groups is 5. The van der Waals surface area contributed by atoms with Gasteiger partial charge in [0.05, 0.1) is 25.4 Å². The molecule has 1 saturated heterocycles. The number of carbonyl (C=O) groups is 2. The third kappa shape index (κ3) is 44.0. The topological polar surface area (TPSA) is 175 Å². The first-order chi connectivity index (χ1) is 39.2. The van der Waals surface area contributed by atoms with E-state index in [-0.39, 0.29) is 19.4 Å². The fourth-order valence-electron chi connectivity index (χ4n) is 10.4. The normalized spacial score (nSPS) is 19.1. The Balaban J connectivity index is 2.57. The third-order valence-electron chi connectivity index (χ3n) is 15.7. The molecule has 0 aromatic rings. The molecule has 0 bridgehead atoms. The number of esters is 1. The third-order valence-corrected chi connectivity index (χ3v) is 15.7. The van der Waals surface area contributed by atoms with E-state index in [1.165, 1.54) is 161 Å². The number of unbranched alkanes of at least 4 members (excludes halogenated alkanes) is 35. The maximum absolute atomic E-state index is 13.4. The number of ether oxygens (including phenoxy) is 3. The van der Waals surface area contributed by atoms with Gasteiger partial charge < -0.3 is 45.1 Å².